The molecule has 0 saturated carbocycles. The second kappa shape index (κ2) is 6.43. The van der Waals surface area contributed by atoms with Crippen molar-refractivity contribution in [3.63, 3.8) is 0 Å². The Hall–Kier alpha value is -0.750. The van der Waals surface area contributed by atoms with E-state index in [9.17, 15) is 0 Å². The Balaban J connectivity index is 1.84. The number of hydrogen-bond acceptors (Lipinski definition) is 4. The predicted molar refractivity (Wildman–Crippen MR) is 80.7 cm³/mol. The maximum absolute atomic E-state index is 6.01. The standard InChI is InChI=1S/C12H20N4S2/c1-9-11(18-10(2)15-9)3-4-14-12(13)16-5-7-17-8-6-16/h3-8H2,1-2H3,(H2,13,14). The van der Waals surface area contributed by atoms with Gasteiger partial charge in [-0.05, 0) is 13.8 Å². The third-order valence-electron chi connectivity index (χ3n) is 2.95. The Morgan fingerprint density at radius 1 is 1.39 bits per heavy atom. The largest absolute Gasteiger partial charge is 0.370 e. The molecule has 18 heavy (non-hydrogen) atoms. The van der Waals surface area contributed by atoms with Gasteiger partial charge in [-0.3, -0.25) is 4.99 Å². The highest BCUT2D eigenvalue weighted by Gasteiger charge is 2.12. The molecule has 0 amide bonds. The maximum atomic E-state index is 6.01. The molecule has 0 aromatic carbocycles. The second-order valence-corrected chi connectivity index (χ2v) is 6.84. The summed E-state index contributed by atoms with van der Waals surface area (Å²) < 4.78 is 0. The molecule has 2 heterocycles. The summed E-state index contributed by atoms with van der Waals surface area (Å²) in [5.74, 6) is 3.02. The van der Waals surface area contributed by atoms with Crippen LogP contribution >= 0.6 is 23.1 Å². The average Bonchev–Trinajstić information content (AvgIpc) is 2.69. The molecule has 2 rings (SSSR count). The van der Waals surface area contributed by atoms with Crippen LogP contribution in [0.2, 0.25) is 0 Å². The molecule has 1 aromatic heterocycles. The van der Waals surface area contributed by atoms with Crippen LogP contribution in [0.5, 0.6) is 0 Å². The Kier molecular flexibility index (Phi) is 4.88. The van der Waals surface area contributed by atoms with Crippen LogP contribution in [-0.4, -0.2) is 47.0 Å². The fourth-order valence-electron chi connectivity index (χ4n) is 1.97. The van der Waals surface area contributed by atoms with Crippen molar-refractivity contribution >= 4 is 29.1 Å². The van der Waals surface area contributed by atoms with E-state index in [1.54, 1.807) is 11.3 Å². The summed E-state index contributed by atoms with van der Waals surface area (Å²) in [4.78, 5) is 12.4. The highest BCUT2D eigenvalue weighted by molar-refractivity contribution is 7.99. The first-order valence-corrected chi connectivity index (χ1v) is 8.19. The molecule has 0 aliphatic carbocycles. The van der Waals surface area contributed by atoms with Crippen LogP contribution < -0.4 is 5.73 Å². The van der Waals surface area contributed by atoms with E-state index in [4.69, 9.17) is 5.73 Å². The lowest BCUT2D eigenvalue weighted by atomic mass is 10.3. The van der Waals surface area contributed by atoms with Crippen LogP contribution in [0, 0.1) is 13.8 Å². The molecule has 4 nitrogen and oxygen atoms in total. The molecule has 1 fully saturated rings. The number of aryl methyl sites for hydroxylation is 2. The Morgan fingerprint density at radius 3 is 2.72 bits per heavy atom. The summed E-state index contributed by atoms with van der Waals surface area (Å²) in [5, 5.41) is 1.13. The number of aromatic nitrogens is 1. The van der Waals surface area contributed by atoms with Crippen LogP contribution in [-0.2, 0) is 6.42 Å². The number of rotatable bonds is 3. The topological polar surface area (TPSA) is 54.5 Å². The fraction of sp³-hybridized carbons (Fsp3) is 0.667. The zero-order chi connectivity index (χ0) is 13.0. The molecule has 0 atom stereocenters. The Morgan fingerprint density at radius 2 is 2.11 bits per heavy atom. The Bertz CT molecular complexity index is 422. The van der Waals surface area contributed by atoms with Crippen molar-refractivity contribution in [2.75, 3.05) is 31.1 Å². The van der Waals surface area contributed by atoms with Gasteiger partial charge in [0, 0.05) is 42.4 Å². The number of thiazole rings is 1. The molecule has 0 unspecified atom stereocenters. The van der Waals surface area contributed by atoms with Gasteiger partial charge in [0.05, 0.1) is 10.7 Å². The van der Waals surface area contributed by atoms with E-state index in [0.717, 1.165) is 48.3 Å². The normalized spacial score (nSPS) is 17.2. The van der Waals surface area contributed by atoms with E-state index < -0.39 is 0 Å². The van der Waals surface area contributed by atoms with Gasteiger partial charge in [0.25, 0.3) is 0 Å². The number of thioether (sulfide) groups is 1. The van der Waals surface area contributed by atoms with Gasteiger partial charge in [-0.1, -0.05) is 0 Å². The van der Waals surface area contributed by atoms with Gasteiger partial charge in [-0.2, -0.15) is 11.8 Å². The van der Waals surface area contributed by atoms with Gasteiger partial charge in [0.15, 0.2) is 5.96 Å². The van der Waals surface area contributed by atoms with Crippen molar-refractivity contribution in [2.24, 2.45) is 10.7 Å². The van der Waals surface area contributed by atoms with E-state index in [0.29, 0.717) is 5.96 Å². The molecule has 1 aliphatic rings. The molecule has 2 N–H and O–H groups in total. The first kappa shape index (κ1) is 13.7. The lowest BCUT2D eigenvalue weighted by Gasteiger charge is -2.27. The molecule has 1 aliphatic heterocycles. The van der Waals surface area contributed by atoms with Crippen molar-refractivity contribution in [1.29, 1.82) is 0 Å². The van der Waals surface area contributed by atoms with Crippen molar-refractivity contribution in [2.45, 2.75) is 20.3 Å². The van der Waals surface area contributed by atoms with E-state index in [1.807, 2.05) is 18.7 Å². The smallest absolute Gasteiger partial charge is 0.191 e. The second-order valence-electron chi connectivity index (χ2n) is 4.33. The van der Waals surface area contributed by atoms with Crippen LogP contribution in [0.15, 0.2) is 4.99 Å². The molecule has 1 saturated heterocycles. The first-order valence-electron chi connectivity index (χ1n) is 6.22. The van der Waals surface area contributed by atoms with Crippen molar-refractivity contribution < 1.29 is 0 Å². The molecule has 0 radical (unpaired) electrons. The quantitative estimate of drug-likeness (QED) is 0.677. The van der Waals surface area contributed by atoms with Gasteiger partial charge < -0.3 is 10.6 Å². The summed E-state index contributed by atoms with van der Waals surface area (Å²) in [6.45, 7) is 6.92. The van der Waals surface area contributed by atoms with Gasteiger partial charge >= 0.3 is 0 Å². The third-order valence-corrected chi connectivity index (χ3v) is 5.02. The van der Waals surface area contributed by atoms with E-state index in [-0.39, 0.29) is 0 Å². The highest BCUT2D eigenvalue weighted by atomic mass is 32.2. The Labute approximate surface area is 117 Å². The van der Waals surface area contributed by atoms with E-state index >= 15 is 0 Å². The highest BCUT2D eigenvalue weighted by Crippen LogP contribution is 2.17. The van der Waals surface area contributed by atoms with Gasteiger partial charge in [0.1, 0.15) is 0 Å². The van der Waals surface area contributed by atoms with Crippen molar-refractivity contribution in [3.05, 3.63) is 15.6 Å². The lowest BCUT2D eigenvalue weighted by molar-refractivity contribution is 0.456. The van der Waals surface area contributed by atoms with Crippen LogP contribution in [0.4, 0.5) is 0 Å². The van der Waals surface area contributed by atoms with Crippen LogP contribution in [0.1, 0.15) is 15.6 Å². The number of hydrogen-bond donors (Lipinski definition) is 1. The van der Waals surface area contributed by atoms with Crippen LogP contribution in [0.3, 0.4) is 0 Å². The first-order chi connectivity index (χ1) is 8.66. The fourth-order valence-corrected chi connectivity index (χ4v) is 3.80. The van der Waals surface area contributed by atoms with E-state index in [2.05, 4.69) is 21.8 Å². The van der Waals surface area contributed by atoms with Crippen molar-refractivity contribution in [3.8, 4) is 0 Å². The minimum absolute atomic E-state index is 0.703. The zero-order valence-corrected chi connectivity index (χ0v) is 12.6. The summed E-state index contributed by atoms with van der Waals surface area (Å²) >= 11 is 3.75. The predicted octanol–water partition coefficient (Wildman–Crippen LogP) is 1.67. The maximum Gasteiger partial charge on any atom is 0.191 e. The third kappa shape index (κ3) is 3.62. The average molecular weight is 284 g/mol. The SMILES string of the molecule is Cc1nc(C)c(CCN=C(N)N2CCSCC2)s1. The lowest BCUT2D eigenvalue weighted by Crippen LogP contribution is -2.42. The summed E-state index contributed by atoms with van der Waals surface area (Å²) in [5.41, 5.74) is 7.15. The summed E-state index contributed by atoms with van der Waals surface area (Å²) in [6, 6.07) is 0. The number of nitrogens with zero attached hydrogens (tertiary/aromatic N) is 3. The molecule has 100 valence electrons. The zero-order valence-electron chi connectivity index (χ0n) is 11.0. The molecule has 0 bridgehead atoms. The molecule has 0 spiro atoms. The van der Waals surface area contributed by atoms with Crippen LogP contribution in [0.25, 0.3) is 0 Å². The molecule has 6 heteroatoms. The summed E-state index contributed by atoms with van der Waals surface area (Å²) in [6.07, 6.45) is 0.945. The number of nitrogens with two attached hydrogens (primary N) is 1. The minimum atomic E-state index is 0.703. The van der Waals surface area contributed by atoms with Crippen molar-refractivity contribution in [1.82, 2.24) is 9.88 Å². The summed E-state index contributed by atoms with van der Waals surface area (Å²) in [7, 11) is 0. The molecule has 1 aromatic rings. The monoisotopic (exact) mass is 284 g/mol. The number of aliphatic imine (C=N–C) groups is 1. The number of guanidine groups is 1. The minimum Gasteiger partial charge on any atom is -0.370 e. The van der Waals surface area contributed by atoms with E-state index in [1.165, 1.54) is 4.88 Å². The molecular formula is C12H20N4S2. The molecular weight excluding hydrogens is 264 g/mol. The van der Waals surface area contributed by atoms with Gasteiger partial charge in [0.2, 0.25) is 0 Å². The van der Waals surface area contributed by atoms with Gasteiger partial charge in [-0.25, -0.2) is 4.98 Å². The van der Waals surface area contributed by atoms with Gasteiger partial charge in [-0.15, -0.1) is 11.3 Å².